The number of carboxylic acid groups (broad SMARTS) is 1. The summed E-state index contributed by atoms with van der Waals surface area (Å²) in [6, 6.07) is 5.29. The molecule has 0 heterocycles. The third-order valence-electron chi connectivity index (χ3n) is 3.86. The van der Waals surface area contributed by atoms with Gasteiger partial charge in [0.15, 0.2) is 0 Å². The molecule has 0 atom stereocenters. The fraction of sp³-hybridized carbons (Fsp3) is 0.467. The standard InChI is InChI=1S/C15H18ClNO3/c1-9-2-5-11(16)8-13(9)14(18)17-12-6-3-10(4-7-12)15(19)20/h2,5,8,10,12H,3-4,6-7H2,1H3,(H,17,18)(H,19,20). The Morgan fingerprint density at radius 3 is 2.50 bits per heavy atom. The second kappa shape index (κ2) is 6.27. The first kappa shape index (κ1) is 14.9. The number of carbonyl (C=O) groups excluding carboxylic acids is 1. The predicted octanol–water partition coefficient (Wildman–Crippen LogP) is 3.02. The fourth-order valence-corrected chi connectivity index (χ4v) is 2.76. The van der Waals surface area contributed by atoms with Crippen LogP contribution in [0.3, 0.4) is 0 Å². The number of hydrogen-bond donors (Lipinski definition) is 2. The second-order valence-electron chi connectivity index (χ2n) is 5.32. The maximum atomic E-state index is 12.2. The summed E-state index contributed by atoms with van der Waals surface area (Å²) in [5, 5.41) is 12.5. The number of hydrogen-bond acceptors (Lipinski definition) is 2. The molecule has 2 rings (SSSR count). The lowest BCUT2D eigenvalue weighted by atomic mass is 9.86. The number of benzene rings is 1. The van der Waals surface area contributed by atoms with Gasteiger partial charge < -0.3 is 10.4 Å². The number of halogens is 1. The van der Waals surface area contributed by atoms with Gasteiger partial charge in [0.2, 0.25) is 0 Å². The van der Waals surface area contributed by atoms with E-state index in [4.69, 9.17) is 16.7 Å². The van der Waals surface area contributed by atoms with Crippen molar-refractivity contribution in [2.75, 3.05) is 0 Å². The maximum Gasteiger partial charge on any atom is 0.306 e. The van der Waals surface area contributed by atoms with Gasteiger partial charge in [0, 0.05) is 16.6 Å². The lowest BCUT2D eigenvalue weighted by Gasteiger charge is -2.27. The van der Waals surface area contributed by atoms with Crippen LogP contribution in [0, 0.1) is 12.8 Å². The van der Waals surface area contributed by atoms with E-state index >= 15 is 0 Å². The number of aliphatic carboxylic acids is 1. The molecule has 20 heavy (non-hydrogen) atoms. The van der Waals surface area contributed by atoms with Crippen LogP contribution in [0.15, 0.2) is 18.2 Å². The molecular weight excluding hydrogens is 278 g/mol. The Kier molecular flexibility index (Phi) is 4.65. The number of carboxylic acids is 1. The molecule has 0 saturated heterocycles. The van der Waals surface area contributed by atoms with Gasteiger partial charge in [-0.3, -0.25) is 9.59 Å². The number of amides is 1. The van der Waals surface area contributed by atoms with Crippen LogP contribution in [-0.2, 0) is 4.79 Å². The van der Waals surface area contributed by atoms with Crippen molar-refractivity contribution in [2.24, 2.45) is 5.92 Å². The van der Waals surface area contributed by atoms with Crippen molar-refractivity contribution in [1.29, 1.82) is 0 Å². The molecule has 1 fully saturated rings. The molecular formula is C15H18ClNO3. The highest BCUT2D eigenvalue weighted by atomic mass is 35.5. The Balaban J connectivity index is 1.96. The summed E-state index contributed by atoms with van der Waals surface area (Å²) in [5.41, 5.74) is 1.46. The molecule has 0 unspecified atom stereocenters. The number of nitrogens with one attached hydrogen (secondary N) is 1. The van der Waals surface area contributed by atoms with E-state index in [1.807, 2.05) is 13.0 Å². The summed E-state index contributed by atoms with van der Waals surface area (Å²) in [6.45, 7) is 1.87. The molecule has 5 heteroatoms. The number of rotatable bonds is 3. The van der Waals surface area contributed by atoms with Crippen molar-refractivity contribution in [1.82, 2.24) is 5.32 Å². The van der Waals surface area contributed by atoms with E-state index in [0.29, 0.717) is 36.3 Å². The zero-order chi connectivity index (χ0) is 14.7. The average molecular weight is 296 g/mol. The van der Waals surface area contributed by atoms with Gasteiger partial charge in [-0.05, 0) is 50.3 Å². The van der Waals surface area contributed by atoms with Crippen molar-refractivity contribution < 1.29 is 14.7 Å². The first-order valence-electron chi connectivity index (χ1n) is 6.77. The third kappa shape index (κ3) is 3.51. The molecule has 1 aromatic rings. The van der Waals surface area contributed by atoms with Crippen molar-refractivity contribution in [3.05, 3.63) is 34.3 Å². The molecule has 1 aromatic carbocycles. The zero-order valence-corrected chi connectivity index (χ0v) is 12.1. The average Bonchev–Trinajstić information content (AvgIpc) is 2.42. The smallest absolute Gasteiger partial charge is 0.306 e. The van der Waals surface area contributed by atoms with Gasteiger partial charge in [0.25, 0.3) is 5.91 Å². The van der Waals surface area contributed by atoms with Crippen molar-refractivity contribution in [3.63, 3.8) is 0 Å². The zero-order valence-electron chi connectivity index (χ0n) is 11.4. The minimum absolute atomic E-state index is 0.0523. The van der Waals surface area contributed by atoms with Gasteiger partial charge in [0.05, 0.1) is 5.92 Å². The summed E-state index contributed by atoms with van der Waals surface area (Å²) in [5.74, 6) is -1.14. The van der Waals surface area contributed by atoms with Gasteiger partial charge in [-0.2, -0.15) is 0 Å². The summed E-state index contributed by atoms with van der Waals surface area (Å²) in [4.78, 5) is 23.1. The monoisotopic (exact) mass is 295 g/mol. The second-order valence-corrected chi connectivity index (χ2v) is 5.76. The molecule has 0 aromatic heterocycles. The number of aryl methyl sites for hydroxylation is 1. The van der Waals surface area contributed by atoms with Crippen LogP contribution in [0.2, 0.25) is 5.02 Å². The molecule has 1 aliphatic rings. The normalized spacial score (nSPS) is 22.3. The van der Waals surface area contributed by atoms with Crippen LogP contribution in [0.5, 0.6) is 0 Å². The van der Waals surface area contributed by atoms with Gasteiger partial charge in [0.1, 0.15) is 0 Å². The van der Waals surface area contributed by atoms with E-state index in [9.17, 15) is 9.59 Å². The van der Waals surface area contributed by atoms with E-state index < -0.39 is 5.97 Å². The topological polar surface area (TPSA) is 66.4 Å². The molecule has 0 radical (unpaired) electrons. The van der Waals surface area contributed by atoms with Crippen LogP contribution in [0.25, 0.3) is 0 Å². The van der Waals surface area contributed by atoms with Gasteiger partial charge in [-0.15, -0.1) is 0 Å². The van der Waals surface area contributed by atoms with Gasteiger partial charge >= 0.3 is 5.97 Å². The van der Waals surface area contributed by atoms with Crippen LogP contribution in [0.1, 0.15) is 41.6 Å². The minimum Gasteiger partial charge on any atom is -0.481 e. The SMILES string of the molecule is Cc1ccc(Cl)cc1C(=O)NC1CCC(C(=O)O)CC1. The van der Waals surface area contributed by atoms with E-state index in [-0.39, 0.29) is 17.9 Å². The van der Waals surface area contributed by atoms with E-state index in [2.05, 4.69) is 5.32 Å². The minimum atomic E-state index is -0.736. The Bertz CT molecular complexity index is 522. The Hall–Kier alpha value is -1.55. The number of carbonyl (C=O) groups is 2. The molecule has 1 aliphatic carbocycles. The van der Waals surface area contributed by atoms with Crippen LogP contribution >= 0.6 is 11.6 Å². The lowest BCUT2D eigenvalue weighted by Crippen LogP contribution is -2.39. The molecule has 0 spiro atoms. The first-order chi connectivity index (χ1) is 9.47. The van der Waals surface area contributed by atoms with Gasteiger partial charge in [-0.1, -0.05) is 17.7 Å². The van der Waals surface area contributed by atoms with Crippen LogP contribution in [-0.4, -0.2) is 23.0 Å². The first-order valence-corrected chi connectivity index (χ1v) is 7.15. The summed E-state index contributed by atoms with van der Waals surface area (Å²) in [6.07, 6.45) is 2.66. The van der Waals surface area contributed by atoms with Crippen molar-refractivity contribution in [3.8, 4) is 0 Å². The highest BCUT2D eigenvalue weighted by molar-refractivity contribution is 6.31. The molecule has 4 nitrogen and oxygen atoms in total. The van der Waals surface area contributed by atoms with Crippen molar-refractivity contribution in [2.45, 2.75) is 38.6 Å². The van der Waals surface area contributed by atoms with Gasteiger partial charge in [-0.25, -0.2) is 0 Å². The summed E-state index contributed by atoms with van der Waals surface area (Å²) in [7, 11) is 0. The molecule has 0 bridgehead atoms. The van der Waals surface area contributed by atoms with E-state index in [1.54, 1.807) is 12.1 Å². The van der Waals surface area contributed by atoms with Crippen LogP contribution < -0.4 is 5.32 Å². The molecule has 108 valence electrons. The Morgan fingerprint density at radius 2 is 1.90 bits per heavy atom. The highest BCUT2D eigenvalue weighted by Crippen LogP contribution is 2.25. The van der Waals surface area contributed by atoms with E-state index in [1.165, 1.54) is 0 Å². The van der Waals surface area contributed by atoms with Crippen molar-refractivity contribution >= 4 is 23.5 Å². The Labute approximate surface area is 123 Å². The summed E-state index contributed by atoms with van der Waals surface area (Å²) < 4.78 is 0. The third-order valence-corrected chi connectivity index (χ3v) is 4.09. The molecule has 1 saturated carbocycles. The predicted molar refractivity (Wildman–Crippen MR) is 77.0 cm³/mol. The Morgan fingerprint density at radius 1 is 1.25 bits per heavy atom. The molecule has 2 N–H and O–H groups in total. The quantitative estimate of drug-likeness (QED) is 0.901. The van der Waals surface area contributed by atoms with Crippen LogP contribution in [0.4, 0.5) is 0 Å². The highest BCUT2D eigenvalue weighted by Gasteiger charge is 2.27. The molecule has 1 amide bonds. The van der Waals surface area contributed by atoms with E-state index in [0.717, 1.165) is 5.56 Å². The maximum absolute atomic E-state index is 12.2. The fourth-order valence-electron chi connectivity index (χ4n) is 2.59. The molecule has 0 aliphatic heterocycles. The summed E-state index contributed by atoms with van der Waals surface area (Å²) >= 11 is 5.91. The largest absolute Gasteiger partial charge is 0.481 e. The lowest BCUT2D eigenvalue weighted by molar-refractivity contribution is -0.142.